The van der Waals surface area contributed by atoms with Crippen molar-refractivity contribution < 1.29 is 0 Å². The van der Waals surface area contributed by atoms with Gasteiger partial charge in [0, 0.05) is 0 Å². The molecule has 35 heavy (non-hydrogen) atoms. The fourth-order valence-electron chi connectivity index (χ4n) is 9.17. The molecule has 0 heterocycles. The third-order valence-corrected chi connectivity index (χ3v) is 11.0. The monoisotopic (exact) mass is 472 g/mol. The zero-order valence-electron chi connectivity index (χ0n) is 23.7. The van der Waals surface area contributed by atoms with E-state index in [-0.39, 0.29) is 10.8 Å². The summed E-state index contributed by atoms with van der Waals surface area (Å²) in [5, 5.41) is 0. The third kappa shape index (κ3) is 4.51. The van der Waals surface area contributed by atoms with Crippen molar-refractivity contribution in [2.75, 3.05) is 0 Å². The van der Waals surface area contributed by atoms with E-state index < -0.39 is 0 Å². The molecule has 0 aromatic heterocycles. The maximum atomic E-state index is 4.01. The Labute approximate surface area is 217 Å². The predicted molar refractivity (Wildman–Crippen MR) is 152 cm³/mol. The predicted octanol–water partition coefficient (Wildman–Crippen LogP) is 10.1. The first-order chi connectivity index (χ1) is 16.5. The van der Waals surface area contributed by atoms with Gasteiger partial charge in [0.15, 0.2) is 0 Å². The number of fused-ring (bicyclic) bond motifs is 3. The summed E-state index contributed by atoms with van der Waals surface area (Å²) in [6, 6.07) is 0. The largest absolute Gasteiger partial charge is 0.103 e. The lowest BCUT2D eigenvalue weighted by Crippen LogP contribution is -2.41. The second kappa shape index (κ2) is 9.22. The Hall–Kier alpha value is -1.30. The quantitative estimate of drug-likeness (QED) is 0.349. The lowest BCUT2D eigenvalue weighted by atomic mass is 9.57. The van der Waals surface area contributed by atoms with Gasteiger partial charge in [0.1, 0.15) is 0 Å². The van der Waals surface area contributed by atoms with E-state index in [1.165, 1.54) is 57.8 Å². The van der Waals surface area contributed by atoms with Crippen molar-refractivity contribution in [3.8, 4) is 0 Å². The van der Waals surface area contributed by atoms with E-state index in [0.29, 0.717) is 29.1 Å². The van der Waals surface area contributed by atoms with Gasteiger partial charge in [-0.05, 0) is 107 Å². The summed E-state index contributed by atoms with van der Waals surface area (Å²) in [7, 11) is 0. The fourth-order valence-corrected chi connectivity index (χ4v) is 9.17. The highest BCUT2D eigenvalue weighted by Crippen LogP contribution is 2.67. The van der Waals surface area contributed by atoms with E-state index in [1.54, 1.807) is 11.1 Å². The Morgan fingerprint density at radius 2 is 1.37 bits per heavy atom. The van der Waals surface area contributed by atoms with Crippen molar-refractivity contribution in [2.24, 2.45) is 57.7 Å². The van der Waals surface area contributed by atoms with E-state index in [9.17, 15) is 0 Å². The molecule has 0 bridgehead atoms. The van der Waals surface area contributed by atoms with Crippen LogP contribution in [0.5, 0.6) is 0 Å². The van der Waals surface area contributed by atoms with Gasteiger partial charge in [-0.2, -0.15) is 0 Å². The molecule has 0 saturated heterocycles. The van der Waals surface area contributed by atoms with Gasteiger partial charge in [0.2, 0.25) is 0 Å². The SMILES string of the molecule is C=CCCC1CCC(C2(C3C4C=C(C(C)(C)C)C=CC4C4C=CC(C(C)(C)C)=CC43)CCCC2)C1. The maximum Gasteiger partial charge on any atom is -0.00952 e. The Morgan fingerprint density at radius 1 is 0.829 bits per heavy atom. The highest BCUT2D eigenvalue weighted by atomic mass is 14.6. The summed E-state index contributed by atoms with van der Waals surface area (Å²) in [6.07, 6.45) is 30.9. The van der Waals surface area contributed by atoms with Gasteiger partial charge in [-0.15, -0.1) is 6.58 Å². The number of hydrogen-bond donors (Lipinski definition) is 0. The van der Waals surface area contributed by atoms with Gasteiger partial charge in [-0.3, -0.25) is 0 Å². The molecule has 0 amide bonds. The Morgan fingerprint density at radius 3 is 1.86 bits per heavy atom. The third-order valence-electron chi connectivity index (χ3n) is 11.0. The van der Waals surface area contributed by atoms with Crippen molar-refractivity contribution in [3.63, 3.8) is 0 Å². The van der Waals surface area contributed by atoms with Crippen LogP contribution in [0, 0.1) is 57.7 Å². The number of allylic oxidation sites excluding steroid dienone is 9. The van der Waals surface area contributed by atoms with E-state index >= 15 is 0 Å². The minimum atomic E-state index is 0.230. The van der Waals surface area contributed by atoms with Crippen LogP contribution in [-0.4, -0.2) is 0 Å². The molecule has 6 unspecified atom stereocenters. The lowest BCUT2D eigenvalue weighted by Gasteiger charge is -2.47. The van der Waals surface area contributed by atoms with Crippen molar-refractivity contribution in [2.45, 2.75) is 99.3 Å². The molecular formula is C35H52. The van der Waals surface area contributed by atoms with Crippen LogP contribution >= 0.6 is 0 Å². The van der Waals surface area contributed by atoms with Crippen LogP contribution in [0.15, 0.2) is 60.3 Å². The van der Waals surface area contributed by atoms with Gasteiger partial charge in [-0.25, -0.2) is 0 Å². The molecule has 6 atom stereocenters. The fraction of sp³-hybridized carbons (Fsp3) is 0.714. The molecule has 0 heteroatoms. The normalized spacial score (nSPS) is 38.2. The van der Waals surface area contributed by atoms with Gasteiger partial charge in [0.25, 0.3) is 0 Å². The standard InChI is InChI=1S/C35H52/c1-8-9-12-24-13-14-27(21-24)35(19-10-11-20-35)32-30-22-25(33(2,3)4)15-17-28(30)29-18-16-26(23-31(29)32)34(5,6)7/h8,15-18,22-24,27-32H,1,9-14,19-21H2,2-7H3. The molecule has 0 nitrogen and oxygen atoms in total. The molecule has 0 N–H and O–H groups in total. The van der Waals surface area contributed by atoms with Crippen LogP contribution in [0.4, 0.5) is 0 Å². The van der Waals surface area contributed by atoms with E-state index in [0.717, 1.165) is 17.8 Å². The average molecular weight is 473 g/mol. The first-order valence-electron chi connectivity index (χ1n) is 15.0. The molecule has 0 spiro atoms. The van der Waals surface area contributed by atoms with Crippen LogP contribution in [0.25, 0.3) is 0 Å². The summed E-state index contributed by atoms with van der Waals surface area (Å²) in [4.78, 5) is 0. The molecule has 0 aromatic carbocycles. The summed E-state index contributed by atoms with van der Waals surface area (Å²) in [6.45, 7) is 18.5. The molecular weight excluding hydrogens is 420 g/mol. The van der Waals surface area contributed by atoms with Crippen LogP contribution in [0.3, 0.4) is 0 Å². The highest BCUT2D eigenvalue weighted by molar-refractivity contribution is 5.39. The highest BCUT2D eigenvalue weighted by Gasteiger charge is 2.60. The summed E-state index contributed by atoms with van der Waals surface area (Å²) in [5.41, 5.74) is 4.16. The topological polar surface area (TPSA) is 0 Å². The minimum absolute atomic E-state index is 0.230. The van der Waals surface area contributed by atoms with E-state index in [2.05, 4.69) is 90.7 Å². The second-order valence-electron chi connectivity index (χ2n) is 15.0. The molecule has 5 aliphatic carbocycles. The van der Waals surface area contributed by atoms with Crippen LogP contribution in [-0.2, 0) is 0 Å². The lowest BCUT2D eigenvalue weighted by molar-refractivity contribution is 0.0386. The molecule has 3 saturated carbocycles. The average Bonchev–Trinajstić information content (AvgIpc) is 3.53. The molecule has 192 valence electrons. The molecule has 3 fully saturated rings. The zero-order valence-corrected chi connectivity index (χ0v) is 23.7. The van der Waals surface area contributed by atoms with Crippen molar-refractivity contribution in [1.82, 2.24) is 0 Å². The van der Waals surface area contributed by atoms with Crippen molar-refractivity contribution in [1.29, 1.82) is 0 Å². The molecule has 0 aliphatic heterocycles. The van der Waals surface area contributed by atoms with Crippen LogP contribution in [0.1, 0.15) is 99.3 Å². The number of rotatable bonds is 5. The van der Waals surface area contributed by atoms with Crippen molar-refractivity contribution in [3.05, 3.63) is 60.3 Å². The smallest absolute Gasteiger partial charge is 0.00952 e. The summed E-state index contributed by atoms with van der Waals surface area (Å²) < 4.78 is 0. The Bertz CT molecular complexity index is 864. The Kier molecular flexibility index (Phi) is 6.68. The van der Waals surface area contributed by atoms with E-state index in [4.69, 9.17) is 0 Å². The van der Waals surface area contributed by atoms with E-state index in [1.807, 2.05) is 0 Å². The van der Waals surface area contributed by atoms with Gasteiger partial charge >= 0.3 is 0 Å². The summed E-state index contributed by atoms with van der Waals surface area (Å²) in [5.74, 6) is 5.43. The van der Waals surface area contributed by atoms with Gasteiger partial charge in [-0.1, -0.05) is 103 Å². The van der Waals surface area contributed by atoms with Crippen LogP contribution < -0.4 is 0 Å². The molecule has 5 rings (SSSR count). The Balaban J connectivity index is 1.57. The minimum Gasteiger partial charge on any atom is -0.103 e. The molecule has 0 aromatic rings. The van der Waals surface area contributed by atoms with Crippen molar-refractivity contribution >= 4 is 0 Å². The van der Waals surface area contributed by atoms with Crippen LogP contribution in [0.2, 0.25) is 0 Å². The number of hydrogen-bond acceptors (Lipinski definition) is 0. The van der Waals surface area contributed by atoms with Gasteiger partial charge < -0.3 is 0 Å². The first kappa shape index (κ1) is 25.4. The molecule has 0 radical (unpaired) electrons. The first-order valence-corrected chi connectivity index (χ1v) is 15.0. The summed E-state index contributed by atoms with van der Waals surface area (Å²) >= 11 is 0. The second-order valence-corrected chi connectivity index (χ2v) is 15.0. The molecule has 5 aliphatic rings. The maximum absolute atomic E-state index is 4.01. The van der Waals surface area contributed by atoms with Gasteiger partial charge in [0.05, 0.1) is 0 Å². The zero-order chi connectivity index (χ0) is 25.0.